The summed E-state index contributed by atoms with van der Waals surface area (Å²) < 4.78 is 48.1. The van der Waals surface area contributed by atoms with Crippen LogP contribution in [0.3, 0.4) is 0 Å². The van der Waals surface area contributed by atoms with Crippen LogP contribution >= 0.6 is 0 Å². The highest BCUT2D eigenvalue weighted by molar-refractivity contribution is 7.91. The maximum atomic E-state index is 12.9. The molecule has 2 aromatic rings. The number of benzene rings is 2. The van der Waals surface area contributed by atoms with Gasteiger partial charge in [0.2, 0.25) is 15.7 Å². The van der Waals surface area contributed by atoms with Gasteiger partial charge in [-0.3, -0.25) is 14.5 Å². The summed E-state index contributed by atoms with van der Waals surface area (Å²) in [6, 6.07) is 10.4. The third-order valence-electron chi connectivity index (χ3n) is 4.96. The number of nitrogens with zero attached hydrogens (tertiary/aromatic N) is 1. The average Bonchev–Trinajstić information content (AvgIpc) is 2.92. The van der Waals surface area contributed by atoms with Gasteiger partial charge in [0.25, 0.3) is 5.91 Å². The number of urea groups is 1. The summed E-state index contributed by atoms with van der Waals surface area (Å²) in [5, 5.41) is 5.01. The summed E-state index contributed by atoms with van der Waals surface area (Å²) in [6.07, 6.45) is 0. The largest absolute Gasteiger partial charge is 0.341 e. The number of nitrogens with one attached hydrogen (secondary N) is 2. The number of anilines is 1. The van der Waals surface area contributed by atoms with Crippen LogP contribution in [0.2, 0.25) is 0 Å². The number of carbonyl (C=O) groups is 3. The van der Waals surface area contributed by atoms with Crippen LogP contribution in [0.4, 0.5) is 19.3 Å². The van der Waals surface area contributed by atoms with Gasteiger partial charge in [-0.2, -0.15) is 8.78 Å². The minimum atomic E-state index is -4.75. The molecule has 0 bridgehead atoms. The van der Waals surface area contributed by atoms with E-state index in [1.54, 1.807) is 38.1 Å². The van der Waals surface area contributed by atoms with Gasteiger partial charge in [-0.1, -0.05) is 24.3 Å². The second-order valence-corrected chi connectivity index (χ2v) is 9.06. The van der Waals surface area contributed by atoms with E-state index in [1.165, 1.54) is 0 Å². The molecule has 1 heterocycles. The molecule has 31 heavy (non-hydrogen) atoms. The predicted octanol–water partition coefficient (Wildman–Crippen LogP) is 2.40. The quantitative estimate of drug-likeness (QED) is 0.655. The Kier molecular flexibility index (Phi) is 5.81. The Bertz CT molecular complexity index is 1150. The highest BCUT2D eigenvalue weighted by atomic mass is 32.2. The van der Waals surface area contributed by atoms with Crippen molar-refractivity contribution in [2.24, 2.45) is 0 Å². The first-order valence-corrected chi connectivity index (χ1v) is 10.6. The van der Waals surface area contributed by atoms with Gasteiger partial charge in [0, 0.05) is 5.69 Å². The van der Waals surface area contributed by atoms with Crippen molar-refractivity contribution in [3.05, 3.63) is 59.7 Å². The molecular weight excluding hydrogens is 432 g/mol. The van der Waals surface area contributed by atoms with Gasteiger partial charge in [-0.25, -0.2) is 13.2 Å². The summed E-state index contributed by atoms with van der Waals surface area (Å²) in [5.41, 5.74) is 0.191. The Labute approximate surface area is 177 Å². The highest BCUT2D eigenvalue weighted by Crippen LogP contribution is 2.30. The number of carbonyl (C=O) groups excluding carboxylic acids is 3. The van der Waals surface area contributed by atoms with Crippen molar-refractivity contribution in [3.63, 3.8) is 0 Å². The Balaban J connectivity index is 1.72. The molecule has 8 nitrogen and oxygen atoms in total. The van der Waals surface area contributed by atoms with Gasteiger partial charge in [0.1, 0.15) is 12.1 Å². The molecule has 2 aromatic carbocycles. The molecule has 2 N–H and O–H groups in total. The molecule has 164 valence electrons. The van der Waals surface area contributed by atoms with Crippen LogP contribution in [-0.2, 0) is 25.0 Å². The van der Waals surface area contributed by atoms with Crippen molar-refractivity contribution in [3.8, 4) is 0 Å². The first-order chi connectivity index (χ1) is 14.5. The highest BCUT2D eigenvalue weighted by Gasteiger charge is 2.50. The second-order valence-electron chi connectivity index (χ2n) is 7.14. The fraction of sp³-hybridized carbons (Fsp3) is 0.250. The number of alkyl halides is 2. The molecule has 0 aromatic heterocycles. The van der Waals surface area contributed by atoms with E-state index in [9.17, 15) is 31.6 Å². The van der Waals surface area contributed by atoms with Crippen LogP contribution in [0.15, 0.2) is 53.4 Å². The van der Waals surface area contributed by atoms with E-state index < -0.39 is 50.4 Å². The topological polar surface area (TPSA) is 113 Å². The molecule has 1 fully saturated rings. The number of imide groups is 1. The number of halogens is 2. The van der Waals surface area contributed by atoms with Crippen LogP contribution in [0.1, 0.15) is 18.1 Å². The maximum Gasteiger partial charge on any atom is 0.341 e. The first-order valence-electron chi connectivity index (χ1n) is 9.09. The maximum absolute atomic E-state index is 12.9. The molecule has 1 saturated heterocycles. The van der Waals surface area contributed by atoms with Gasteiger partial charge < -0.3 is 10.6 Å². The molecule has 3 rings (SSSR count). The summed E-state index contributed by atoms with van der Waals surface area (Å²) >= 11 is 0. The standard InChI is InChI=1S/C20H19F2N3O5S/c1-12-5-3-4-6-15(12)20(2)17(27)25(19(28)24-20)11-16(26)23-13-7-9-14(10-8-13)31(29,30)18(21)22/h3-10,18H,11H2,1-2H3,(H,23,26)(H,24,28). The van der Waals surface area contributed by atoms with Crippen molar-refractivity contribution >= 4 is 33.4 Å². The van der Waals surface area contributed by atoms with Gasteiger partial charge in [0.05, 0.1) is 4.90 Å². The predicted molar refractivity (Wildman–Crippen MR) is 107 cm³/mol. The van der Waals surface area contributed by atoms with Crippen molar-refractivity contribution < 1.29 is 31.6 Å². The Morgan fingerprint density at radius 1 is 1.13 bits per heavy atom. The van der Waals surface area contributed by atoms with Gasteiger partial charge >= 0.3 is 11.8 Å². The van der Waals surface area contributed by atoms with Crippen LogP contribution in [0.5, 0.6) is 0 Å². The van der Waals surface area contributed by atoms with E-state index in [1.807, 2.05) is 0 Å². The van der Waals surface area contributed by atoms with Crippen LogP contribution in [0.25, 0.3) is 0 Å². The Morgan fingerprint density at radius 2 is 1.74 bits per heavy atom. The van der Waals surface area contributed by atoms with E-state index in [0.29, 0.717) is 5.56 Å². The number of rotatable bonds is 6. The molecule has 0 aliphatic carbocycles. The minimum Gasteiger partial charge on any atom is -0.325 e. The van der Waals surface area contributed by atoms with Crippen molar-refractivity contribution in [1.82, 2.24) is 10.2 Å². The molecule has 1 atom stereocenters. The fourth-order valence-electron chi connectivity index (χ4n) is 3.33. The number of amides is 4. The second kappa shape index (κ2) is 8.06. The summed E-state index contributed by atoms with van der Waals surface area (Å²) in [6.45, 7) is 2.77. The Morgan fingerprint density at radius 3 is 2.32 bits per heavy atom. The van der Waals surface area contributed by atoms with E-state index in [-0.39, 0.29) is 5.69 Å². The Hall–Kier alpha value is -3.34. The van der Waals surface area contributed by atoms with Crippen molar-refractivity contribution in [2.45, 2.75) is 30.0 Å². The lowest BCUT2D eigenvalue weighted by Crippen LogP contribution is -2.42. The van der Waals surface area contributed by atoms with E-state index in [4.69, 9.17) is 0 Å². The monoisotopic (exact) mass is 451 g/mol. The van der Waals surface area contributed by atoms with Crippen LogP contribution in [0, 0.1) is 6.92 Å². The third-order valence-corrected chi connectivity index (χ3v) is 6.36. The van der Waals surface area contributed by atoms with Gasteiger partial charge in [-0.15, -0.1) is 0 Å². The molecule has 11 heteroatoms. The smallest absolute Gasteiger partial charge is 0.325 e. The van der Waals surface area contributed by atoms with Gasteiger partial charge in [0.15, 0.2) is 0 Å². The van der Waals surface area contributed by atoms with Crippen molar-refractivity contribution in [1.29, 1.82) is 0 Å². The molecule has 1 aliphatic rings. The van der Waals surface area contributed by atoms with E-state index in [0.717, 1.165) is 34.7 Å². The zero-order chi connectivity index (χ0) is 23.0. The third kappa shape index (κ3) is 4.13. The molecular formula is C20H19F2N3O5S. The SMILES string of the molecule is Cc1ccccc1C1(C)NC(=O)N(CC(=O)Nc2ccc(S(=O)(=O)C(F)F)cc2)C1=O. The van der Waals surface area contributed by atoms with E-state index in [2.05, 4.69) is 10.6 Å². The zero-order valence-electron chi connectivity index (χ0n) is 16.6. The lowest BCUT2D eigenvalue weighted by Gasteiger charge is -2.24. The van der Waals surface area contributed by atoms with Gasteiger partial charge in [-0.05, 0) is 49.2 Å². The van der Waals surface area contributed by atoms with Crippen LogP contribution < -0.4 is 10.6 Å². The van der Waals surface area contributed by atoms with Crippen molar-refractivity contribution in [2.75, 3.05) is 11.9 Å². The molecule has 0 radical (unpaired) electrons. The fourth-order valence-corrected chi connectivity index (χ4v) is 4.05. The number of sulfone groups is 1. The van der Waals surface area contributed by atoms with E-state index >= 15 is 0 Å². The number of hydrogen-bond acceptors (Lipinski definition) is 5. The molecule has 1 aliphatic heterocycles. The number of aryl methyl sites for hydroxylation is 1. The molecule has 4 amide bonds. The summed E-state index contributed by atoms with van der Waals surface area (Å²) in [4.78, 5) is 37.8. The minimum absolute atomic E-state index is 0.118. The molecule has 0 saturated carbocycles. The summed E-state index contributed by atoms with van der Waals surface area (Å²) in [5.74, 6) is -4.88. The summed E-state index contributed by atoms with van der Waals surface area (Å²) in [7, 11) is -4.75. The first kappa shape index (κ1) is 22.3. The lowest BCUT2D eigenvalue weighted by molar-refractivity contribution is -0.133. The molecule has 1 unspecified atom stereocenters. The van der Waals surface area contributed by atoms with Crippen LogP contribution in [-0.4, -0.2) is 43.5 Å². The molecule has 0 spiro atoms. The normalized spacial score (nSPS) is 18.9. The zero-order valence-corrected chi connectivity index (χ0v) is 17.4. The average molecular weight is 451 g/mol. The number of hydrogen-bond donors (Lipinski definition) is 2. The lowest BCUT2D eigenvalue weighted by atomic mass is 9.88.